The molecule has 2 unspecified atom stereocenters. The van der Waals surface area contributed by atoms with Gasteiger partial charge in [-0.05, 0) is 0 Å². The van der Waals surface area contributed by atoms with Gasteiger partial charge in [0.05, 0.1) is 21.3 Å². The molecule has 0 aromatic rings. The van der Waals surface area contributed by atoms with Crippen LogP contribution in [0.3, 0.4) is 0 Å². The van der Waals surface area contributed by atoms with E-state index in [1.165, 1.54) is 44.9 Å². The van der Waals surface area contributed by atoms with E-state index in [0.29, 0.717) is 6.04 Å². The van der Waals surface area contributed by atoms with E-state index in [1.54, 1.807) is 21.3 Å². The Kier molecular flexibility index (Phi) is 20.2. The first-order valence-corrected chi connectivity index (χ1v) is 9.46. The maximum absolute atomic E-state index is 9.00. The molecule has 1 saturated heterocycles. The minimum Gasteiger partial charge on any atom is -0.661 e. The van der Waals surface area contributed by atoms with E-state index in [9.17, 15) is 0 Å². The zero-order valence-electron chi connectivity index (χ0n) is 15.2. The number of carboxylic acid groups (broad SMARTS) is 1. The van der Waals surface area contributed by atoms with Gasteiger partial charge in [-0.15, -0.1) is 6.54 Å². The fourth-order valence-electron chi connectivity index (χ4n) is 2.74. The SMILES string of the molecule is CC(=O)O.CO[PH+](OC)OC.[CH-]1CCCCC1C1CCCC[N-]1.[Ir]. The Bertz CT molecular complexity index is 258. The molecule has 1 aliphatic carbocycles. The van der Waals surface area contributed by atoms with Crippen molar-refractivity contribution < 1.29 is 43.6 Å². The molecule has 2 aliphatic rings. The van der Waals surface area contributed by atoms with Crippen LogP contribution in [0.2, 0.25) is 0 Å². The van der Waals surface area contributed by atoms with E-state index in [2.05, 4.69) is 6.42 Å². The van der Waals surface area contributed by atoms with E-state index in [0.717, 1.165) is 19.4 Å². The summed E-state index contributed by atoms with van der Waals surface area (Å²) in [5.41, 5.74) is 0. The molecule has 2 fully saturated rings. The molecule has 147 valence electrons. The van der Waals surface area contributed by atoms with Gasteiger partial charge in [-0.25, -0.2) is 0 Å². The second-order valence-corrected chi connectivity index (χ2v) is 7.26. The van der Waals surface area contributed by atoms with E-state index >= 15 is 0 Å². The van der Waals surface area contributed by atoms with E-state index in [1.807, 2.05) is 0 Å². The van der Waals surface area contributed by atoms with E-state index in [-0.39, 0.29) is 20.1 Å². The Morgan fingerprint density at radius 3 is 1.96 bits per heavy atom. The third-order valence-corrected chi connectivity index (χ3v) is 4.73. The topological polar surface area (TPSA) is 79.1 Å². The fraction of sp³-hybridized carbons (Fsp3) is 0.875. The number of hydrogen-bond donors (Lipinski definition) is 1. The summed E-state index contributed by atoms with van der Waals surface area (Å²) in [6.45, 7) is 2.22. The number of aliphatic carboxylic acids is 1. The van der Waals surface area contributed by atoms with Gasteiger partial charge in [0.15, 0.2) is 0 Å². The van der Waals surface area contributed by atoms with Crippen molar-refractivity contribution in [2.24, 2.45) is 5.92 Å². The van der Waals surface area contributed by atoms with Crippen molar-refractivity contribution >= 4 is 14.6 Å². The molecule has 0 bridgehead atoms. The van der Waals surface area contributed by atoms with Gasteiger partial charge in [0, 0.05) is 27.0 Å². The van der Waals surface area contributed by atoms with Crippen LogP contribution in [0.4, 0.5) is 0 Å². The molecule has 8 heteroatoms. The Balaban J connectivity index is 0. The number of carboxylic acids is 1. The summed E-state index contributed by atoms with van der Waals surface area (Å²) in [5.74, 6) is 0.0130. The summed E-state index contributed by atoms with van der Waals surface area (Å²) in [5, 5.41) is 12.1. The summed E-state index contributed by atoms with van der Waals surface area (Å²) >= 11 is 0. The molecule has 0 aromatic carbocycles. The average molecular weight is 543 g/mol. The quantitative estimate of drug-likeness (QED) is 0.424. The van der Waals surface area contributed by atoms with Crippen LogP contribution in [0, 0.1) is 12.3 Å². The molecule has 1 saturated carbocycles. The molecule has 1 heterocycles. The molecule has 2 atom stereocenters. The van der Waals surface area contributed by atoms with Gasteiger partial charge >= 0.3 is 8.60 Å². The van der Waals surface area contributed by atoms with Crippen molar-refractivity contribution in [3.8, 4) is 0 Å². The molecule has 0 aromatic heterocycles. The van der Waals surface area contributed by atoms with Gasteiger partial charge in [0.1, 0.15) is 0 Å². The maximum Gasteiger partial charge on any atom is 0.397 e. The molecule has 2 rings (SSSR count). The minimum absolute atomic E-state index is 0. The van der Waals surface area contributed by atoms with Crippen molar-refractivity contribution in [2.75, 3.05) is 27.9 Å². The van der Waals surface area contributed by atoms with Gasteiger partial charge in [0.2, 0.25) is 0 Å². The van der Waals surface area contributed by atoms with Gasteiger partial charge in [-0.2, -0.15) is 32.0 Å². The molecule has 24 heavy (non-hydrogen) atoms. The van der Waals surface area contributed by atoms with Crippen LogP contribution in [-0.2, 0) is 38.5 Å². The van der Waals surface area contributed by atoms with Crippen LogP contribution in [0.15, 0.2) is 0 Å². The molecule has 6 nitrogen and oxygen atoms in total. The van der Waals surface area contributed by atoms with Crippen LogP contribution in [0.1, 0.15) is 51.9 Å². The molecule has 1 aliphatic heterocycles. The maximum atomic E-state index is 9.00. The van der Waals surface area contributed by atoms with Gasteiger partial charge in [-0.3, -0.25) is 4.79 Å². The number of carbonyl (C=O) groups is 1. The third-order valence-electron chi connectivity index (χ3n) is 3.73. The zero-order valence-corrected chi connectivity index (χ0v) is 18.6. The van der Waals surface area contributed by atoms with E-state index < -0.39 is 14.6 Å². The van der Waals surface area contributed by atoms with Crippen LogP contribution >= 0.6 is 8.60 Å². The minimum atomic E-state index is -1.36. The number of nitrogens with zero attached hydrogens (tertiary/aromatic N) is 1. The van der Waals surface area contributed by atoms with Crippen molar-refractivity contribution in [3.63, 3.8) is 0 Å². The second kappa shape index (κ2) is 18.2. The zero-order chi connectivity index (χ0) is 17.5. The first kappa shape index (κ1) is 26.6. The fourth-order valence-corrected chi connectivity index (χ4v) is 3.24. The largest absolute Gasteiger partial charge is 0.661 e. The molecule has 1 N–H and O–H groups in total. The Morgan fingerprint density at radius 2 is 1.62 bits per heavy atom. The number of hydrogen-bond acceptors (Lipinski definition) is 4. The second-order valence-electron chi connectivity index (χ2n) is 5.53. The van der Waals surface area contributed by atoms with Gasteiger partial charge in [-0.1, -0.05) is 38.5 Å². The molecular formula is C16H33IrNO5P-. The average Bonchev–Trinajstić information content (AvgIpc) is 2.58. The molecule has 0 spiro atoms. The van der Waals surface area contributed by atoms with Crippen molar-refractivity contribution in [1.82, 2.24) is 0 Å². The third kappa shape index (κ3) is 14.7. The van der Waals surface area contributed by atoms with Crippen LogP contribution in [0.5, 0.6) is 0 Å². The molecule has 1 radical (unpaired) electrons. The number of piperidine rings is 1. The first-order valence-electron chi connectivity index (χ1n) is 8.23. The summed E-state index contributed by atoms with van der Waals surface area (Å²) in [6, 6.07) is 0.707. The van der Waals surface area contributed by atoms with Crippen molar-refractivity contribution in [2.45, 2.75) is 57.9 Å². The smallest absolute Gasteiger partial charge is 0.397 e. The predicted molar refractivity (Wildman–Crippen MR) is 94.8 cm³/mol. The predicted octanol–water partition coefficient (Wildman–Crippen LogP) is 4.28. The van der Waals surface area contributed by atoms with Crippen molar-refractivity contribution in [3.05, 3.63) is 11.7 Å². The van der Waals surface area contributed by atoms with Crippen molar-refractivity contribution in [1.29, 1.82) is 0 Å². The van der Waals surface area contributed by atoms with Crippen LogP contribution in [0.25, 0.3) is 5.32 Å². The Morgan fingerprint density at radius 1 is 1.08 bits per heavy atom. The molecule has 0 amide bonds. The molecular weight excluding hydrogens is 509 g/mol. The van der Waals surface area contributed by atoms with Gasteiger partial charge in [0.25, 0.3) is 5.97 Å². The number of rotatable bonds is 4. The summed E-state index contributed by atoms with van der Waals surface area (Å²) in [7, 11) is 3.31. The first-order chi connectivity index (χ1) is 11.0. The van der Waals surface area contributed by atoms with Crippen LogP contribution in [-0.4, -0.2) is 45.0 Å². The Hall–Kier alpha value is 0.389. The van der Waals surface area contributed by atoms with Crippen LogP contribution < -0.4 is 0 Å². The van der Waals surface area contributed by atoms with Gasteiger partial charge < -0.3 is 16.8 Å². The normalized spacial score (nSPS) is 23.0. The Labute approximate surface area is 161 Å². The standard InChI is InChI=1S/C11H19N.C3H10O3P.C2H4O2.Ir/c1-2-6-10(7-3-1)11-8-4-5-9-12-11;1-4-7(5-2)6-3;1-2(3)4;/h6,10-11H,1-5,7-9H2;7H,1-3H3;1H3,(H,3,4);/q-2;+1;;. The summed E-state index contributed by atoms with van der Waals surface area (Å²) in [4.78, 5) is 9.00. The monoisotopic (exact) mass is 543 g/mol. The summed E-state index contributed by atoms with van der Waals surface area (Å²) < 4.78 is 14.1. The summed E-state index contributed by atoms with van der Waals surface area (Å²) in [6.07, 6.45) is 12.3. The van der Waals surface area contributed by atoms with E-state index in [4.69, 9.17) is 28.8 Å².